The van der Waals surface area contributed by atoms with Gasteiger partial charge in [-0.1, -0.05) is 18.2 Å². The lowest BCUT2D eigenvalue weighted by atomic mass is 10.0. The van der Waals surface area contributed by atoms with Crippen LogP contribution in [0, 0.1) is 0 Å². The lowest BCUT2D eigenvalue weighted by Gasteiger charge is -2.12. The van der Waals surface area contributed by atoms with E-state index >= 15 is 0 Å². The van der Waals surface area contributed by atoms with Gasteiger partial charge in [0.15, 0.2) is 0 Å². The number of aliphatic carboxylic acids is 1. The topological polar surface area (TPSA) is 93.2 Å². The zero-order valence-corrected chi connectivity index (χ0v) is 13.4. The van der Waals surface area contributed by atoms with Gasteiger partial charge in [-0.05, 0) is 23.3 Å². The molecule has 6 heteroatoms. The molecule has 1 unspecified atom stereocenters. The first kappa shape index (κ1) is 16.2. The number of carboxylic acids is 1. The van der Waals surface area contributed by atoms with Crippen molar-refractivity contribution in [3.05, 3.63) is 54.5 Å². The third-order valence-corrected chi connectivity index (χ3v) is 4.16. The molecule has 24 heavy (non-hydrogen) atoms. The summed E-state index contributed by atoms with van der Waals surface area (Å²) >= 11 is 0. The van der Waals surface area contributed by atoms with Crippen LogP contribution in [0.25, 0.3) is 22.0 Å². The van der Waals surface area contributed by atoms with Crippen molar-refractivity contribution in [2.45, 2.75) is 12.5 Å². The number of hydrogen-bond donors (Lipinski definition) is 3. The van der Waals surface area contributed by atoms with E-state index in [2.05, 4.69) is 16.4 Å². The van der Waals surface area contributed by atoms with Gasteiger partial charge in [-0.3, -0.25) is 15.1 Å². The van der Waals surface area contributed by atoms with Gasteiger partial charge in [-0.15, -0.1) is 0 Å². The van der Waals surface area contributed by atoms with Gasteiger partial charge in [0.25, 0.3) is 0 Å². The standard InChI is InChI=1S/C18H20N4O2/c1-22-10-13(9-16(18(23)24)21-11-19)15-4-2-3-14(17(15)22)12-5-7-20-8-6-12/h2-8,10,16,21H,9,11,19H2,1H3,(H,23,24). The molecule has 2 aromatic heterocycles. The maximum Gasteiger partial charge on any atom is 0.321 e. The SMILES string of the molecule is Cn1cc(CC(NCN)C(=O)O)c2cccc(-c3ccncc3)c21. The smallest absolute Gasteiger partial charge is 0.321 e. The molecule has 0 aliphatic carbocycles. The Morgan fingerprint density at radius 2 is 2.08 bits per heavy atom. The van der Waals surface area contributed by atoms with E-state index in [9.17, 15) is 9.90 Å². The van der Waals surface area contributed by atoms with Crippen molar-refractivity contribution >= 4 is 16.9 Å². The number of nitrogens with one attached hydrogen (secondary N) is 1. The zero-order valence-electron chi connectivity index (χ0n) is 13.4. The summed E-state index contributed by atoms with van der Waals surface area (Å²) in [7, 11) is 1.97. The van der Waals surface area contributed by atoms with Crippen molar-refractivity contribution < 1.29 is 9.90 Å². The highest BCUT2D eigenvalue weighted by Gasteiger charge is 2.20. The van der Waals surface area contributed by atoms with Crippen LogP contribution in [0.3, 0.4) is 0 Å². The van der Waals surface area contributed by atoms with Crippen LogP contribution >= 0.6 is 0 Å². The first-order chi connectivity index (χ1) is 11.6. The average Bonchev–Trinajstić information content (AvgIpc) is 2.91. The van der Waals surface area contributed by atoms with Gasteiger partial charge >= 0.3 is 5.97 Å². The Bertz CT molecular complexity index is 858. The number of nitrogens with zero attached hydrogens (tertiary/aromatic N) is 2. The number of rotatable bonds is 6. The van der Waals surface area contributed by atoms with Crippen LogP contribution in [0.1, 0.15) is 5.56 Å². The minimum Gasteiger partial charge on any atom is -0.480 e. The second kappa shape index (κ2) is 6.82. The first-order valence-corrected chi connectivity index (χ1v) is 7.75. The fourth-order valence-corrected chi connectivity index (χ4v) is 3.09. The molecule has 0 aliphatic heterocycles. The number of nitrogens with two attached hydrogens (primary N) is 1. The maximum atomic E-state index is 11.4. The number of aryl methyl sites for hydroxylation is 1. The Balaban J connectivity index is 2.08. The zero-order chi connectivity index (χ0) is 17.1. The monoisotopic (exact) mass is 324 g/mol. The van der Waals surface area contributed by atoms with Crippen molar-refractivity contribution in [3.8, 4) is 11.1 Å². The average molecular weight is 324 g/mol. The molecular weight excluding hydrogens is 304 g/mol. The maximum absolute atomic E-state index is 11.4. The third kappa shape index (κ3) is 3.02. The fourth-order valence-electron chi connectivity index (χ4n) is 3.09. The molecule has 2 heterocycles. The number of carbonyl (C=O) groups is 1. The number of hydrogen-bond acceptors (Lipinski definition) is 4. The molecule has 4 N–H and O–H groups in total. The molecule has 3 aromatic rings. The van der Waals surface area contributed by atoms with Crippen LogP contribution in [0.5, 0.6) is 0 Å². The second-order valence-corrected chi connectivity index (χ2v) is 5.71. The molecule has 0 amide bonds. The van der Waals surface area contributed by atoms with Crippen molar-refractivity contribution in [2.24, 2.45) is 12.8 Å². The Kier molecular flexibility index (Phi) is 4.59. The summed E-state index contributed by atoms with van der Waals surface area (Å²) in [5.41, 5.74) is 9.70. The molecule has 6 nitrogen and oxygen atoms in total. The van der Waals surface area contributed by atoms with Crippen molar-refractivity contribution in [1.29, 1.82) is 0 Å². The van der Waals surface area contributed by atoms with Gasteiger partial charge in [-0.2, -0.15) is 0 Å². The van der Waals surface area contributed by atoms with E-state index in [1.807, 2.05) is 42.1 Å². The Labute approximate surface area is 139 Å². The summed E-state index contributed by atoms with van der Waals surface area (Å²) in [6, 6.07) is 9.32. The minimum atomic E-state index is -0.900. The van der Waals surface area contributed by atoms with E-state index in [0.29, 0.717) is 6.42 Å². The number of fused-ring (bicyclic) bond motifs is 1. The Morgan fingerprint density at radius 1 is 1.33 bits per heavy atom. The summed E-state index contributed by atoms with van der Waals surface area (Å²) in [5, 5.41) is 13.2. The van der Waals surface area contributed by atoms with Gasteiger partial charge in [0, 0.05) is 49.7 Å². The van der Waals surface area contributed by atoms with Crippen LogP contribution in [-0.4, -0.2) is 33.3 Å². The van der Waals surface area contributed by atoms with E-state index in [0.717, 1.165) is 27.6 Å². The molecule has 0 fully saturated rings. The van der Waals surface area contributed by atoms with Crippen molar-refractivity contribution in [3.63, 3.8) is 0 Å². The van der Waals surface area contributed by atoms with Crippen molar-refractivity contribution in [1.82, 2.24) is 14.9 Å². The van der Waals surface area contributed by atoms with Gasteiger partial charge in [0.1, 0.15) is 6.04 Å². The molecule has 124 valence electrons. The summed E-state index contributed by atoms with van der Waals surface area (Å²) in [6.07, 6.45) is 5.90. The molecule has 1 aromatic carbocycles. The van der Waals surface area contributed by atoms with Crippen LogP contribution in [0.15, 0.2) is 48.9 Å². The molecule has 0 saturated carbocycles. The van der Waals surface area contributed by atoms with Gasteiger partial charge in [-0.25, -0.2) is 0 Å². The second-order valence-electron chi connectivity index (χ2n) is 5.71. The van der Waals surface area contributed by atoms with Crippen molar-refractivity contribution in [2.75, 3.05) is 6.67 Å². The Morgan fingerprint density at radius 3 is 2.75 bits per heavy atom. The van der Waals surface area contributed by atoms with Crippen LogP contribution in [0.4, 0.5) is 0 Å². The lowest BCUT2D eigenvalue weighted by Crippen LogP contribution is -2.41. The van der Waals surface area contributed by atoms with Gasteiger partial charge < -0.3 is 15.4 Å². The van der Waals surface area contributed by atoms with Gasteiger partial charge in [0.05, 0.1) is 5.52 Å². The largest absolute Gasteiger partial charge is 0.480 e. The summed E-state index contributed by atoms with van der Waals surface area (Å²) < 4.78 is 2.04. The minimum absolute atomic E-state index is 0.129. The summed E-state index contributed by atoms with van der Waals surface area (Å²) in [4.78, 5) is 15.5. The first-order valence-electron chi connectivity index (χ1n) is 7.75. The highest BCUT2D eigenvalue weighted by atomic mass is 16.4. The molecule has 0 aliphatic rings. The number of benzene rings is 1. The molecule has 3 rings (SSSR count). The molecule has 0 radical (unpaired) electrons. The summed E-state index contributed by atoms with van der Waals surface area (Å²) in [5.74, 6) is -0.900. The molecule has 0 saturated heterocycles. The van der Waals surface area contributed by atoms with E-state index in [-0.39, 0.29) is 6.67 Å². The quantitative estimate of drug-likeness (QED) is 0.601. The Hall–Kier alpha value is -2.70. The number of carboxylic acid groups (broad SMARTS) is 1. The predicted molar refractivity (Wildman–Crippen MR) is 93.5 cm³/mol. The number of aromatic nitrogens is 2. The normalized spacial score (nSPS) is 12.4. The van der Waals surface area contributed by atoms with E-state index in [1.165, 1.54) is 0 Å². The van der Waals surface area contributed by atoms with Crippen LogP contribution in [-0.2, 0) is 18.3 Å². The van der Waals surface area contributed by atoms with E-state index in [4.69, 9.17) is 5.73 Å². The molecule has 0 spiro atoms. The van der Waals surface area contributed by atoms with E-state index < -0.39 is 12.0 Å². The van der Waals surface area contributed by atoms with Crippen LogP contribution < -0.4 is 11.1 Å². The summed E-state index contributed by atoms with van der Waals surface area (Å²) in [6.45, 7) is 0.129. The number of pyridine rings is 1. The lowest BCUT2D eigenvalue weighted by molar-refractivity contribution is -0.139. The van der Waals surface area contributed by atoms with Crippen LogP contribution in [0.2, 0.25) is 0 Å². The molecule has 1 atom stereocenters. The predicted octanol–water partition coefficient (Wildman–Crippen LogP) is 1.74. The fraction of sp³-hybridized carbons (Fsp3) is 0.222. The number of para-hydroxylation sites is 1. The highest BCUT2D eigenvalue weighted by Crippen LogP contribution is 2.31. The van der Waals surface area contributed by atoms with Gasteiger partial charge in [0.2, 0.25) is 0 Å². The molecular formula is C18H20N4O2. The highest BCUT2D eigenvalue weighted by molar-refractivity contribution is 5.97. The third-order valence-electron chi connectivity index (χ3n) is 4.16. The van der Waals surface area contributed by atoms with E-state index in [1.54, 1.807) is 12.4 Å². The molecule has 0 bridgehead atoms.